The van der Waals surface area contributed by atoms with Gasteiger partial charge in [-0.2, -0.15) is 0 Å². The van der Waals surface area contributed by atoms with Crippen LogP contribution in [-0.2, 0) is 4.79 Å². The van der Waals surface area contributed by atoms with Gasteiger partial charge in [-0.15, -0.1) is 0 Å². The van der Waals surface area contributed by atoms with Gasteiger partial charge in [0.25, 0.3) is 0 Å². The first kappa shape index (κ1) is 7.03. The molecule has 2 rings (SSSR count). The summed E-state index contributed by atoms with van der Waals surface area (Å²) in [7, 11) is 0. The summed E-state index contributed by atoms with van der Waals surface area (Å²) in [6.45, 7) is 0. The number of aliphatic imine (C=N–C) groups is 1. The van der Waals surface area contributed by atoms with Crippen molar-refractivity contribution in [2.45, 2.75) is 0 Å². The highest BCUT2D eigenvalue weighted by Gasteiger charge is 2.26. The highest BCUT2D eigenvalue weighted by Crippen LogP contribution is 2.19. The minimum absolute atomic E-state index is 0.0316. The fourth-order valence-electron chi connectivity index (χ4n) is 1.26. The minimum atomic E-state index is -0.375. The summed E-state index contributed by atoms with van der Waals surface area (Å²) < 4.78 is 0. The molecule has 12 heavy (non-hydrogen) atoms. The molecule has 0 aromatic heterocycles. The number of aliphatic hydroxyl groups excluding tert-OH is 1. The predicted molar refractivity (Wildman–Crippen MR) is 44.9 cm³/mol. The number of aliphatic hydroxyl groups is 1. The van der Waals surface area contributed by atoms with Gasteiger partial charge in [0.05, 0.1) is 11.6 Å². The van der Waals surface area contributed by atoms with Crippen LogP contribution in [0.4, 0.5) is 0 Å². The predicted octanol–water partition coefficient (Wildman–Crippen LogP) is 1.15. The summed E-state index contributed by atoms with van der Waals surface area (Å²) >= 11 is 0. The summed E-state index contributed by atoms with van der Waals surface area (Å²) in [5.74, 6) is -0.323. The van der Waals surface area contributed by atoms with E-state index in [0.29, 0.717) is 5.71 Å². The van der Waals surface area contributed by atoms with E-state index in [2.05, 4.69) is 4.99 Å². The number of rotatable bonds is 0. The highest BCUT2D eigenvalue weighted by atomic mass is 16.3. The Morgan fingerprint density at radius 2 is 2.33 bits per heavy atom. The van der Waals surface area contributed by atoms with Gasteiger partial charge in [0.15, 0.2) is 5.78 Å². The highest BCUT2D eigenvalue weighted by molar-refractivity contribution is 6.19. The van der Waals surface area contributed by atoms with E-state index >= 15 is 0 Å². The van der Waals surface area contributed by atoms with Crippen LogP contribution >= 0.6 is 0 Å². The topological polar surface area (TPSA) is 49.7 Å². The third kappa shape index (κ3) is 0.906. The number of hydrogen-bond donors (Lipinski definition) is 1. The minimum Gasteiger partial charge on any atom is -0.506 e. The lowest BCUT2D eigenvalue weighted by atomic mass is 9.91. The van der Waals surface area contributed by atoms with Crippen LogP contribution in [0.3, 0.4) is 0 Å². The van der Waals surface area contributed by atoms with Gasteiger partial charge in [-0.25, -0.2) is 0 Å². The monoisotopic (exact) mass is 161 g/mol. The molecule has 1 N–H and O–H groups in total. The molecule has 60 valence electrons. The standard InChI is InChI=1S/C9H7NO2/c11-7-4-5-10-9-6(7)2-1-3-8(9)12/h1-6,12H. The number of nitrogens with zero attached hydrogens (tertiary/aromatic N) is 1. The lowest BCUT2D eigenvalue weighted by Crippen LogP contribution is -2.26. The number of carbonyl (C=O) groups is 1. The van der Waals surface area contributed by atoms with E-state index < -0.39 is 0 Å². The number of carbonyl (C=O) groups excluding carboxylic acids is 1. The SMILES string of the molecule is O=C1C=CN=C2C(O)=CC=CC12. The second kappa shape index (κ2) is 2.44. The maximum atomic E-state index is 11.2. The number of fused-ring (bicyclic) bond motifs is 1. The molecule has 1 heterocycles. The van der Waals surface area contributed by atoms with E-state index in [1.807, 2.05) is 0 Å². The van der Waals surface area contributed by atoms with Gasteiger partial charge in [0.1, 0.15) is 5.76 Å². The van der Waals surface area contributed by atoms with Crippen LogP contribution in [0.1, 0.15) is 0 Å². The first-order valence-electron chi connectivity index (χ1n) is 3.65. The van der Waals surface area contributed by atoms with Crippen molar-refractivity contribution in [3.05, 3.63) is 36.3 Å². The van der Waals surface area contributed by atoms with Gasteiger partial charge in [-0.1, -0.05) is 12.2 Å². The zero-order chi connectivity index (χ0) is 8.55. The summed E-state index contributed by atoms with van der Waals surface area (Å²) in [4.78, 5) is 15.1. The maximum absolute atomic E-state index is 11.2. The van der Waals surface area contributed by atoms with E-state index in [1.54, 1.807) is 12.2 Å². The fraction of sp³-hybridized carbons (Fsp3) is 0.111. The summed E-state index contributed by atoms with van der Waals surface area (Å²) in [6.07, 6.45) is 7.75. The van der Waals surface area contributed by atoms with Crippen LogP contribution in [0, 0.1) is 5.92 Å². The molecule has 0 saturated heterocycles. The number of allylic oxidation sites excluding steroid dienone is 5. The quantitative estimate of drug-likeness (QED) is 0.579. The molecule has 3 heteroatoms. The van der Waals surface area contributed by atoms with Crippen molar-refractivity contribution < 1.29 is 9.90 Å². The molecular formula is C9H7NO2. The van der Waals surface area contributed by atoms with Crippen LogP contribution in [0.2, 0.25) is 0 Å². The lowest BCUT2D eigenvalue weighted by Gasteiger charge is -2.17. The third-order valence-corrected chi connectivity index (χ3v) is 1.87. The molecule has 3 nitrogen and oxygen atoms in total. The largest absolute Gasteiger partial charge is 0.506 e. The van der Waals surface area contributed by atoms with E-state index in [9.17, 15) is 9.90 Å². The van der Waals surface area contributed by atoms with Crippen LogP contribution < -0.4 is 0 Å². The van der Waals surface area contributed by atoms with Crippen molar-refractivity contribution in [1.82, 2.24) is 0 Å². The van der Waals surface area contributed by atoms with Crippen molar-refractivity contribution in [2.75, 3.05) is 0 Å². The van der Waals surface area contributed by atoms with Gasteiger partial charge < -0.3 is 5.11 Å². The number of ketones is 1. The molecule has 2 aliphatic rings. The summed E-state index contributed by atoms with van der Waals surface area (Å²) in [5, 5.41) is 9.32. The van der Waals surface area contributed by atoms with Crippen LogP contribution in [0.5, 0.6) is 0 Å². The first-order chi connectivity index (χ1) is 5.79. The molecule has 1 atom stereocenters. The van der Waals surface area contributed by atoms with Crippen molar-refractivity contribution in [3.8, 4) is 0 Å². The van der Waals surface area contributed by atoms with Gasteiger partial charge in [-0.05, 0) is 6.08 Å². The van der Waals surface area contributed by atoms with E-state index in [-0.39, 0.29) is 17.5 Å². The van der Waals surface area contributed by atoms with E-state index in [0.717, 1.165) is 0 Å². The molecule has 0 aromatic rings. The Morgan fingerprint density at radius 1 is 1.50 bits per heavy atom. The Balaban J connectivity index is 2.47. The van der Waals surface area contributed by atoms with Crippen molar-refractivity contribution in [1.29, 1.82) is 0 Å². The maximum Gasteiger partial charge on any atom is 0.170 e. The van der Waals surface area contributed by atoms with E-state index in [4.69, 9.17) is 0 Å². The molecule has 0 fully saturated rings. The molecule has 0 amide bonds. The molecule has 0 bridgehead atoms. The Kier molecular flexibility index (Phi) is 1.43. The zero-order valence-electron chi connectivity index (χ0n) is 6.27. The van der Waals surface area contributed by atoms with Gasteiger partial charge in [-0.3, -0.25) is 9.79 Å². The molecular weight excluding hydrogens is 154 g/mol. The fourth-order valence-corrected chi connectivity index (χ4v) is 1.26. The zero-order valence-corrected chi connectivity index (χ0v) is 6.27. The average molecular weight is 161 g/mol. The summed E-state index contributed by atoms with van der Waals surface area (Å²) in [5.41, 5.74) is 0.449. The second-order valence-electron chi connectivity index (χ2n) is 2.65. The average Bonchev–Trinajstić information content (AvgIpc) is 2.07. The van der Waals surface area contributed by atoms with Gasteiger partial charge in [0, 0.05) is 12.3 Å². The number of hydrogen-bond acceptors (Lipinski definition) is 3. The van der Waals surface area contributed by atoms with Crippen molar-refractivity contribution in [2.24, 2.45) is 10.9 Å². The lowest BCUT2D eigenvalue weighted by molar-refractivity contribution is -0.115. The van der Waals surface area contributed by atoms with Crippen molar-refractivity contribution in [3.63, 3.8) is 0 Å². The van der Waals surface area contributed by atoms with Gasteiger partial charge in [0.2, 0.25) is 0 Å². The van der Waals surface area contributed by atoms with Crippen LogP contribution in [0.25, 0.3) is 0 Å². The Hall–Kier alpha value is -1.64. The van der Waals surface area contributed by atoms with Gasteiger partial charge >= 0.3 is 0 Å². The third-order valence-electron chi connectivity index (χ3n) is 1.87. The molecule has 0 spiro atoms. The first-order valence-corrected chi connectivity index (χ1v) is 3.65. The van der Waals surface area contributed by atoms with E-state index in [1.165, 1.54) is 18.4 Å². The van der Waals surface area contributed by atoms with Crippen LogP contribution in [-0.4, -0.2) is 16.6 Å². The molecule has 0 saturated carbocycles. The molecule has 1 aliphatic heterocycles. The summed E-state index contributed by atoms with van der Waals surface area (Å²) in [6, 6.07) is 0. The molecule has 1 unspecified atom stereocenters. The smallest absolute Gasteiger partial charge is 0.170 e. The Morgan fingerprint density at radius 3 is 3.08 bits per heavy atom. The molecule has 0 radical (unpaired) electrons. The normalized spacial score (nSPS) is 26.3. The Bertz CT molecular complexity index is 348. The van der Waals surface area contributed by atoms with Crippen LogP contribution in [0.15, 0.2) is 41.3 Å². The van der Waals surface area contributed by atoms with Crippen molar-refractivity contribution >= 4 is 11.5 Å². The Labute approximate surface area is 69.4 Å². The second-order valence-corrected chi connectivity index (χ2v) is 2.65. The molecule has 1 aliphatic carbocycles. The molecule has 0 aromatic carbocycles.